The van der Waals surface area contributed by atoms with E-state index in [-0.39, 0.29) is 36.1 Å². The first-order chi connectivity index (χ1) is 19.3. The Balaban J connectivity index is 1.16. The average Bonchev–Trinajstić information content (AvgIpc) is 3.21. The molecular weight excluding hydrogens is 516 g/mol. The second-order valence-corrected chi connectivity index (χ2v) is 10.9. The third-order valence-corrected chi connectivity index (χ3v) is 8.59. The highest BCUT2D eigenvalue weighted by atomic mass is 19.1. The lowest BCUT2D eigenvalue weighted by molar-refractivity contribution is -0.945. The molecule has 0 saturated carbocycles. The molecule has 4 aliphatic rings. The van der Waals surface area contributed by atoms with E-state index in [1.807, 2.05) is 0 Å². The van der Waals surface area contributed by atoms with Crippen LogP contribution in [0.1, 0.15) is 39.1 Å². The van der Waals surface area contributed by atoms with Gasteiger partial charge in [-0.2, -0.15) is 0 Å². The van der Waals surface area contributed by atoms with Gasteiger partial charge in [-0.05, 0) is 42.0 Å². The molecule has 0 radical (unpaired) electrons. The Labute approximate surface area is 231 Å². The van der Waals surface area contributed by atoms with E-state index in [0.717, 1.165) is 25.9 Å². The monoisotopic (exact) mass is 546 g/mol. The van der Waals surface area contributed by atoms with Crippen LogP contribution in [-0.4, -0.2) is 66.1 Å². The van der Waals surface area contributed by atoms with Crippen LogP contribution in [0.3, 0.4) is 0 Å². The Kier molecular flexibility index (Phi) is 6.83. The predicted octanol–water partition coefficient (Wildman–Crippen LogP) is 5.01. The summed E-state index contributed by atoms with van der Waals surface area (Å²) in [6, 6.07) is 18.6. The van der Waals surface area contributed by atoms with Gasteiger partial charge in [0.2, 0.25) is 0 Å². The van der Waals surface area contributed by atoms with Crippen molar-refractivity contribution in [2.24, 2.45) is 5.92 Å². The van der Waals surface area contributed by atoms with E-state index in [1.54, 1.807) is 48.5 Å². The van der Waals surface area contributed by atoms with Gasteiger partial charge in [0, 0.05) is 18.8 Å². The van der Waals surface area contributed by atoms with E-state index in [4.69, 9.17) is 4.74 Å². The summed E-state index contributed by atoms with van der Waals surface area (Å²) in [7, 11) is 0. The average molecular weight is 547 g/mol. The number of rotatable bonds is 7. The number of para-hydroxylation sites is 1. The van der Waals surface area contributed by atoms with Crippen molar-refractivity contribution in [2.75, 3.05) is 37.6 Å². The van der Waals surface area contributed by atoms with Crippen LogP contribution in [0.25, 0.3) is 0 Å². The minimum atomic E-state index is -0.660. The molecule has 0 aliphatic carbocycles. The Bertz CT molecular complexity index is 1420. The SMILES string of the molecule is O=C1c2ccccc2C(=O)N1CC[N+]12CCC(CC1)[C@@H](OC(=O)N(Cc1ccc(F)cc1)c1ccccc1F)C2. The van der Waals surface area contributed by atoms with Crippen molar-refractivity contribution >= 4 is 23.6 Å². The normalized spacial score (nSPS) is 23.3. The highest BCUT2D eigenvalue weighted by Crippen LogP contribution is 2.36. The van der Waals surface area contributed by atoms with Gasteiger partial charge in [-0.15, -0.1) is 0 Å². The van der Waals surface area contributed by atoms with Gasteiger partial charge in [-0.25, -0.2) is 13.6 Å². The van der Waals surface area contributed by atoms with E-state index in [9.17, 15) is 23.2 Å². The number of carbonyl (C=O) groups is 3. The summed E-state index contributed by atoms with van der Waals surface area (Å²) in [5, 5.41) is 0. The Hall–Kier alpha value is -4.11. The molecule has 3 aromatic carbocycles. The molecule has 0 N–H and O–H groups in total. The molecule has 0 unspecified atom stereocenters. The molecule has 4 aliphatic heterocycles. The van der Waals surface area contributed by atoms with E-state index in [0.29, 0.717) is 40.8 Å². The smallest absolute Gasteiger partial charge is 0.415 e. The number of nitrogens with zero attached hydrogens (tertiary/aromatic N) is 3. The van der Waals surface area contributed by atoms with Crippen LogP contribution in [0.15, 0.2) is 72.8 Å². The number of carbonyl (C=O) groups excluding carboxylic acids is 3. The molecule has 3 aromatic rings. The maximum Gasteiger partial charge on any atom is 0.415 e. The number of hydrogen-bond donors (Lipinski definition) is 0. The zero-order valence-electron chi connectivity index (χ0n) is 22.0. The molecule has 9 heteroatoms. The summed E-state index contributed by atoms with van der Waals surface area (Å²) in [6.45, 7) is 3.24. The Morgan fingerprint density at radius 3 is 2.17 bits per heavy atom. The quantitative estimate of drug-likeness (QED) is 0.309. The first-order valence-electron chi connectivity index (χ1n) is 13.6. The van der Waals surface area contributed by atoms with E-state index in [1.165, 1.54) is 34.1 Å². The number of halogens is 2. The molecule has 7 nitrogen and oxygen atoms in total. The minimum absolute atomic E-state index is 0.0250. The fraction of sp³-hybridized carbons (Fsp3) is 0.323. The van der Waals surface area contributed by atoms with Crippen LogP contribution >= 0.6 is 0 Å². The predicted molar refractivity (Wildman–Crippen MR) is 144 cm³/mol. The molecule has 3 amide bonds. The molecule has 7 rings (SSSR count). The van der Waals surface area contributed by atoms with E-state index in [2.05, 4.69) is 0 Å². The summed E-state index contributed by atoms with van der Waals surface area (Å²) < 4.78 is 35.0. The Morgan fingerprint density at radius 2 is 1.52 bits per heavy atom. The van der Waals surface area contributed by atoms with Crippen LogP contribution in [0.2, 0.25) is 0 Å². The van der Waals surface area contributed by atoms with Gasteiger partial charge in [0.1, 0.15) is 18.2 Å². The van der Waals surface area contributed by atoms with Crippen LogP contribution in [-0.2, 0) is 11.3 Å². The highest BCUT2D eigenvalue weighted by Gasteiger charge is 2.49. The maximum atomic E-state index is 14.8. The van der Waals surface area contributed by atoms with Gasteiger partial charge < -0.3 is 9.22 Å². The summed E-state index contributed by atoms with van der Waals surface area (Å²) >= 11 is 0. The molecule has 0 spiro atoms. The number of quaternary nitrogens is 1. The lowest BCUT2D eigenvalue weighted by atomic mass is 9.83. The fourth-order valence-electron chi connectivity index (χ4n) is 6.31. The number of benzene rings is 3. The number of anilines is 1. The third-order valence-electron chi connectivity index (χ3n) is 8.59. The number of hydrogen-bond acceptors (Lipinski definition) is 4. The van der Waals surface area contributed by atoms with E-state index >= 15 is 0 Å². The van der Waals surface area contributed by atoms with Crippen molar-refractivity contribution in [3.63, 3.8) is 0 Å². The molecule has 0 aromatic heterocycles. The standard InChI is InChI=1S/C31H30F2N3O4/c32-23-11-9-21(10-12-23)19-35(27-8-4-3-7-26(27)33)31(39)40-28-20-36(16-13-22(28)14-17-36)18-15-34-29(37)24-5-1-2-6-25(24)30(34)38/h1-12,22,28H,13-20H2/q+1/t22?,28-,36?/m0/s1. The molecule has 40 heavy (non-hydrogen) atoms. The molecule has 3 saturated heterocycles. The van der Waals surface area contributed by atoms with Gasteiger partial charge in [0.05, 0.1) is 49.5 Å². The minimum Gasteiger partial charge on any atom is -0.440 e. The van der Waals surface area contributed by atoms with Gasteiger partial charge in [-0.1, -0.05) is 36.4 Å². The van der Waals surface area contributed by atoms with Gasteiger partial charge in [0.25, 0.3) is 11.8 Å². The van der Waals surface area contributed by atoms with Crippen LogP contribution in [0, 0.1) is 17.6 Å². The maximum absolute atomic E-state index is 14.8. The van der Waals surface area contributed by atoms with Gasteiger partial charge in [-0.3, -0.25) is 19.4 Å². The summed E-state index contributed by atoms with van der Waals surface area (Å²) in [5.41, 5.74) is 1.60. The van der Waals surface area contributed by atoms with Gasteiger partial charge in [0.15, 0.2) is 6.10 Å². The van der Waals surface area contributed by atoms with Crippen molar-refractivity contribution in [3.05, 3.63) is 101 Å². The zero-order valence-corrected chi connectivity index (χ0v) is 22.0. The zero-order chi connectivity index (χ0) is 27.9. The lowest BCUT2D eigenvalue weighted by Crippen LogP contribution is -2.66. The molecule has 3 fully saturated rings. The molecule has 206 valence electrons. The summed E-state index contributed by atoms with van der Waals surface area (Å²) in [6.07, 6.45) is 0.682. The van der Waals surface area contributed by atoms with Crippen molar-refractivity contribution in [2.45, 2.75) is 25.5 Å². The van der Waals surface area contributed by atoms with Crippen LogP contribution in [0.4, 0.5) is 19.3 Å². The Morgan fingerprint density at radius 1 is 0.900 bits per heavy atom. The second kappa shape index (κ2) is 10.5. The lowest BCUT2D eigenvalue weighted by Gasteiger charge is -2.52. The highest BCUT2D eigenvalue weighted by molar-refractivity contribution is 6.21. The number of imide groups is 1. The van der Waals surface area contributed by atoms with Crippen LogP contribution in [0.5, 0.6) is 0 Å². The number of piperidine rings is 3. The first kappa shape index (κ1) is 26.1. The molecule has 1 atom stereocenters. The first-order valence-corrected chi connectivity index (χ1v) is 13.6. The molecule has 2 bridgehead atoms. The van der Waals surface area contributed by atoms with Crippen LogP contribution < -0.4 is 4.90 Å². The van der Waals surface area contributed by atoms with Crippen molar-refractivity contribution in [3.8, 4) is 0 Å². The summed E-state index contributed by atoms with van der Waals surface area (Å²) in [4.78, 5) is 41.9. The summed E-state index contributed by atoms with van der Waals surface area (Å²) in [5.74, 6) is -1.30. The topological polar surface area (TPSA) is 66.9 Å². The molecule has 4 heterocycles. The third kappa shape index (κ3) is 4.86. The van der Waals surface area contributed by atoms with Crippen molar-refractivity contribution in [1.82, 2.24) is 4.90 Å². The number of fused-ring (bicyclic) bond motifs is 4. The second-order valence-electron chi connectivity index (χ2n) is 10.9. The van der Waals surface area contributed by atoms with E-state index < -0.39 is 17.7 Å². The molecular formula is C31H30F2N3O4+. The fourth-order valence-corrected chi connectivity index (χ4v) is 6.31. The van der Waals surface area contributed by atoms with Crippen molar-refractivity contribution < 1.29 is 32.4 Å². The van der Waals surface area contributed by atoms with Gasteiger partial charge >= 0.3 is 6.09 Å². The number of ether oxygens (including phenoxy) is 1. The largest absolute Gasteiger partial charge is 0.440 e. The number of amides is 3. The van der Waals surface area contributed by atoms with Crippen molar-refractivity contribution in [1.29, 1.82) is 0 Å².